The van der Waals surface area contributed by atoms with E-state index in [0.29, 0.717) is 135 Å². The predicted molar refractivity (Wildman–Crippen MR) is 336 cm³/mol. The Labute approximate surface area is 515 Å². The van der Waals surface area contributed by atoms with Crippen LogP contribution in [-0.2, 0) is 30.1 Å². The normalized spacial score (nSPS) is 15.1. The zero-order valence-electron chi connectivity index (χ0n) is 50.1. The number of carbonyl (C=O) groups is 2. The minimum atomic E-state index is -1.17. The molecule has 8 aromatic heterocycles. The number of aromatic nitrogens is 12. The third-order valence-corrected chi connectivity index (χ3v) is 16.5. The molecule has 14 rings (SSSR count). The first kappa shape index (κ1) is 58.2. The monoisotopic (exact) mass is 1210 g/mol. The van der Waals surface area contributed by atoms with Gasteiger partial charge in [0.1, 0.15) is 24.7 Å². The Balaban J connectivity index is 0.000000165. The molecular formula is C64H66N18O8. The molecule has 4 N–H and O–H groups in total. The average Bonchev–Trinajstić information content (AvgIpc) is 1.58. The van der Waals surface area contributed by atoms with Crippen LogP contribution in [0.25, 0.3) is 56.5 Å². The topological polar surface area (TPSA) is 284 Å². The lowest BCUT2D eigenvalue weighted by Crippen LogP contribution is -2.56. The van der Waals surface area contributed by atoms with Gasteiger partial charge in [-0.25, -0.2) is 19.3 Å². The van der Waals surface area contributed by atoms with Crippen LogP contribution in [-0.4, -0.2) is 173 Å². The number of rotatable bonds is 18. The molecule has 2 saturated heterocycles. The first-order chi connectivity index (χ1) is 43.9. The van der Waals surface area contributed by atoms with E-state index in [2.05, 4.69) is 39.9 Å². The molecule has 0 aliphatic carbocycles. The second-order valence-corrected chi connectivity index (χ2v) is 22.0. The number of nitrogens with zero attached hydrogens (tertiary/aromatic N) is 16. The van der Waals surface area contributed by atoms with Crippen molar-refractivity contribution in [3.63, 3.8) is 0 Å². The van der Waals surface area contributed by atoms with Crippen molar-refractivity contribution in [1.82, 2.24) is 68.5 Å². The summed E-state index contributed by atoms with van der Waals surface area (Å²) in [7, 11) is 3.30. The molecule has 2 atom stereocenters. The Hall–Kier alpha value is -10.9. The number of hydrogen-bond donors (Lipinski definition) is 2. The number of methoxy groups -OCH3 is 2. The number of benzene rings is 4. The van der Waals surface area contributed by atoms with Crippen molar-refractivity contribution in [3.05, 3.63) is 170 Å². The third-order valence-electron chi connectivity index (χ3n) is 16.5. The fourth-order valence-electron chi connectivity index (χ4n) is 11.5. The summed E-state index contributed by atoms with van der Waals surface area (Å²) in [4.78, 5) is 55.8. The lowest BCUT2D eigenvalue weighted by atomic mass is 9.90. The molecule has 2 amide bonds. The van der Waals surface area contributed by atoms with Crippen molar-refractivity contribution in [2.24, 2.45) is 0 Å². The van der Waals surface area contributed by atoms with E-state index >= 15 is 0 Å². The van der Waals surface area contributed by atoms with Crippen molar-refractivity contribution in [2.45, 2.75) is 24.9 Å². The second kappa shape index (κ2) is 24.7. The molecule has 10 heterocycles. The molecule has 0 saturated carbocycles. The minimum absolute atomic E-state index is 0.0650. The number of amides is 2. The van der Waals surface area contributed by atoms with Crippen LogP contribution in [0.1, 0.15) is 25.0 Å². The van der Waals surface area contributed by atoms with Gasteiger partial charge in [0.25, 0.3) is 11.8 Å². The summed E-state index contributed by atoms with van der Waals surface area (Å²) in [6.07, 6.45) is 6.72. The van der Waals surface area contributed by atoms with Gasteiger partial charge in [0, 0.05) is 90.3 Å². The van der Waals surface area contributed by atoms with Crippen molar-refractivity contribution >= 4 is 68.4 Å². The molecule has 0 spiro atoms. The van der Waals surface area contributed by atoms with Crippen LogP contribution in [0.3, 0.4) is 0 Å². The average molecular weight is 1220 g/mol. The molecule has 90 heavy (non-hydrogen) atoms. The molecule has 2 fully saturated rings. The van der Waals surface area contributed by atoms with Crippen molar-refractivity contribution in [1.29, 1.82) is 0 Å². The van der Waals surface area contributed by atoms with Crippen molar-refractivity contribution in [2.75, 3.05) is 114 Å². The smallest absolute Gasteiger partial charge is 0.255 e. The van der Waals surface area contributed by atoms with Gasteiger partial charge in [0.05, 0.1) is 36.5 Å². The molecular weight excluding hydrogens is 1150 g/mol. The summed E-state index contributed by atoms with van der Waals surface area (Å²) in [5, 5.41) is 19.8. The maximum atomic E-state index is 14.5. The molecule has 460 valence electrons. The predicted octanol–water partition coefficient (Wildman–Crippen LogP) is 6.91. The molecule has 2 aliphatic rings. The number of hydrogen-bond acceptors (Lipinski definition) is 20. The third kappa shape index (κ3) is 11.1. The zero-order valence-corrected chi connectivity index (χ0v) is 50.1. The van der Waals surface area contributed by atoms with E-state index in [1.807, 2.05) is 133 Å². The van der Waals surface area contributed by atoms with Crippen LogP contribution in [0, 0.1) is 0 Å². The van der Waals surface area contributed by atoms with Gasteiger partial charge in [-0.05, 0) is 97.8 Å². The van der Waals surface area contributed by atoms with E-state index in [1.54, 1.807) is 72.8 Å². The highest BCUT2D eigenvalue weighted by atomic mass is 16.5. The highest BCUT2D eigenvalue weighted by molar-refractivity contribution is 5.94. The lowest BCUT2D eigenvalue weighted by Gasteiger charge is -2.40. The maximum absolute atomic E-state index is 14.5. The molecule has 0 radical (unpaired) electrons. The Kier molecular flexibility index (Phi) is 16.0. The molecule has 0 bridgehead atoms. The highest BCUT2D eigenvalue weighted by Gasteiger charge is 2.44. The molecule has 26 heteroatoms. The first-order valence-corrected chi connectivity index (χ1v) is 29.5. The summed E-state index contributed by atoms with van der Waals surface area (Å²) in [5.41, 5.74) is 15.7. The second-order valence-electron chi connectivity index (χ2n) is 22.0. The number of piperazine rings is 2. The van der Waals surface area contributed by atoms with Gasteiger partial charge < -0.3 is 58.8 Å². The highest BCUT2D eigenvalue weighted by Crippen LogP contribution is 2.35. The lowest BCUT2D eigenvalue weighted by molar-refractivity contribution is -0.139. The molecule has 0 unspecified atom stereocenters. The quantitative estimate of drug-likeness (QED) is 0.0825. The fourth-order valence-corrected chi connectivity index (χ4v) is 11.5. The first-order valence-electron chi connectivity index (χ1n) is 29.5. The number of ether oxygens (including phenoxy) is 4. The van der Waals surface area contributed by atoms with Crippen LogP contribution in [0.2, 0.25) is 0 Å². The summed E-state index contributed by atoms with van der Waals surface area (Å²) >= 11 is 0. The molecule has 4 aromatic carbocycles. The molecule has 26 nitrogen and oxygen atoms in total. The standard InChI is InChI=1S/2C32H33N9O4/c2*1-32(22-7-4-3-5-8-22,30(42)39-16-14-38(15-17-39)23-10-12-24(13-11-23)44-20-19-43-2)40-21-25-27(36-40)35-31(33)41-29(25)34-28(37-41)26-9-6-18-45-26/h2*3-13,18,21H,14-17,19-20H2,1-2H3,(H2,33,35,36)/t2*32-/m10/s1. The van der Waals surface area contributed by atoms with Gasteiger partial charge in [0.2, 0.25) is 23.5 Å². The number of nitrogen functional groups attached to an aromatic ring is 2. The zero-order chi connectivity index (χ0) is 61.9. The van der Waals surface area contributed by atoms with Crippen LogP contribution >= 0.6 is 0 Å². The van der Waals surface area contributed by atoms with Crippen LogP contribution in [0.5, 0.6) is 11.5 Å². The number of fused-ring (bicyclic) bond motifs is 6. The Bertz CT molecular complexity index is 4140. The number of nitrogens with two attached hydrogens (primary N) is 2. The number of anilines is 4. The van der Waals surface area contributed by atoms with Crippen LogP contribution < -0.4 is 30.7 Å². The van der Waals surface area contributed by atoms with Gasteiger partial charge >= 0.3 is 0 Å². The largest absolute Gasteiger partial charge is 0.491 e. The molecule has 12 aromatic rings. The van der Waals surface area contributed by atoms with E-state index in [4.69, 9.17) is 49.4 Å². The summed E-state index contributed by atoms with van der Waals surface area (Å²) in [6, 6.07) is 42.4. The van der Waals surface area contributed by atoms with Crippen LogP contribution in [0.15, 0.2) is 167 Å². The van der Waals surface area contributed by atoms with Gasteiger partial charge in [-0.1, -0.05) is 60.7 Å². The van der Waals surface area contributed by atoms with Crippen molar-refractivity contribution in [3.8, 4) is 34.7 Å². The minimum Gasteiger partial charge on any atom is -0.491 e. The van der Waals surface area contributed by atoms with Gasteiger partial charge in [0.15, 0.2) is 45.2 Å². The van der Waals surface area contributed by atoms with Gasteiger partial charge in [-0.15, -0.1) is 10.2 Å². The van der Waals surface area contributed by atoms with Crippen LogP contribution in [0.4, 0.5) is 23.3 Å². The van der Waals surface area contributed by atoms with Crippen molar-refractivity contribution < 1.29 is 37.4 Å². The summed E-state index contributed by atoms with van der Waals surface area (Å²) in [6.45, 7) is 10.8. The Morgan fingerprint density at radius 1 is 0.478 bits per heavy atom. The summed E-state index contributed by atoms with van der Waals surface area (Å²) < 4.78 is 38.8. The Morgan fingerprint density at radius 2 is 0.867 bits per heavy atom. The van der Waals surface area contributed by atoms with E-state index in [9.17, 15) is 9.59 Å². The number of furan rings is 2. The van der Waals surface area contributed by atoms with E-state index in [0.717, 1.165) is 34.0 Å². The van der Waals surface area contributed by atoms with Gasteiger partial charge in [-0.2, -0.15) is 29.2 Å². The maximum Gasteiger partial charge on any atom is 0.255 e. The summed E-state index contributed by atoms with van der Waals surface area (Å²) in [5.74, 6) is 3.50. The van der Waals surface area contributed by atoms with E-state index < -0.39 is 11.1 Å². The van der Waals surface area contributed by atoms with E-state index in [-0.39, 0.29) is 23.7 Å². The number of carbonyl (C=O) groups excluding carboxylic acids is 2. The fraction of sp³-hybridized carbons (Fsp3) is 0.281. The van der Waals surface area contributed by atoms with E-state index in [1.165, 1.54) is 9.03 Å². The molecule has 2 aliphatic heterocycles. The Morgan fingerprint density at radius 3 is 1.22 bits per heavy atom. The SMILES string of the molecule is COCCOc1ccc(N2CCN(C(=O)[C@@](C)(c3ccccc3)n3cc4c(nc(N)n5nc(-c6ccco6)nc45)n3)CC2)cc1.COCCOc1ccc(N2CCN(C(=O)[C@](C)(c3ccccc3)n3cc4c(nc(N)n5nc(-c6ccco6)nc45)n3)CC2)cc1. The van der Waals surface area contributed by atoms with Gasteiger partial charge in [-0.3, -0.25) is 9.59 Å².